The first-order valence-electron chi connectivity index (χ1n) is 7.80. The molecule has 1 aliphatic rings. The molecule has 0 radical (unpaired) electrons. The Bertz CT molecular complexity index is 647. The zero-order valence-electron chi connectivity index (χ0n) is 12.6. The van der Waals surface area contributed by atoms with Gasteiger partial charge in [-0.15, -0.1) is 0 Å². The molecule has 2 aromatic rings. The van der Waals surface area contributed by atoms with Crippen molar-refractivity contribution >= 4 is 5.91 Å². The molecule has 2 atom stereocenters. The summed E-state index contributed by atoms with van der Waals surface area (Å²) in [5, 5.41) is 3.07. The predicted octanol–water partition coefficient (Wildman–Crippen LogP) is 4.39. The molecule has 3 nitrogen and oxygen atoms in total. The molecule has 116 valence electrons. The van der Waals surface area contributed by atoms with Crippen LogP contribution in [-0.2, 0) is 0 Å². The molecule has 1 aromatic carbocycles. The van der Waals surface area contributed by atoms with Gasteiger partial charge in [0.15, 0.2) is 5.76 Å². The first-order valence-corrected chi connectivity index (χ1v) is 7.80. The van der Waals surface area contributed by atoms with Crippen LogP contribution in [0.3, 0.4) is 0 Å². The lowest BCUT2D eigenvalue weighted by Crippen LogP contribution is -2.40. The summed E-state index contributed by atoms with van der Waals surface area (Å²) < 4.78 is 18.6. The van der Waals surface area contributed by atoms with Crippen molar-refractivity contribution in [3.63, 3.8) is 0 Å². The number of amides is 1. The lowest BCUT2D eigenvalue weighted by atomic mass is 9.86. The fraction of sp³-hybridized carbons (Fsp3) is 0.389. The van der Waals surface area contributed by atoms with E-state index in [4.69, 9.17) is 4.42 Å². The van der Waals surface area contributed by atoms with Gasteiger partial charge in [-0.1, -0.05) is 19.8 Å². The van der Waals surface area contributed by atoms with Crippen molar-refractivity contribution in [2.24, 2.45) is 5.92 Å². The van der Waals surface area contributed by atoms with Crippen molar-refractivity contribution in [2.75, 3.05) is 0 Å². The summed E-state index contributed by atoms with van der Waals surface area (Å²) in [6, 6.07) is 9.66. The van der Waals surface area contributed by atoms with Gasteiger partial charge in [-0.25, -0.2) is 4.39 Å². The van der Waals surface area contributed by atoms with E-state index in [2.05, 4.69) is 12.2 Å². The molecular formula is C18H20FNO2. The molecule has 3 rings (SSSR count). The monoisotopic (exact) mass is 301 g/mol. The molecule has 1 saturated carbocycles. The molecule has 4 heteroatoms. The number of halogens is 1. The number of carbonyl (C=O) groups is 1. The Morgan fingerprint density at radius 1 is 1.14 bits per heavy atom. The third-order valence-electron chi connectivity index (χ3n) is 4.39. The van der Waals surface area contributed by atoms with Gasteiger partial charge in [-0.05, 0) is 55.2 Å². The number of benzene rings is 1. The lowest BCUT2D eigenvalue weighted by molar-refractivity contribution is 0.0883. The fourth-order valence-electron chi connectivity index (χ4n) is 3.00. The molecule has 1 fully saturated rings. The van der Waals surface area contributed by atoms with Gasteiger partial charge in [-0.2, -0.15) is 0 Å². The molecule has 0 bridgehead atoms. The van der Waals surface area contributed by atoms with Crippen LogP contribution in [0.1, 0.15) is 43.2 Å². The summed E-state index contributed by atoms with van der Waals surface area (Å²) in [6.45, 7) is 2.18. The number of carbonyl (C=O) groups excluding carboxylic acids is 1. The third-order valence-corrected chi connectivity index (χ3v) is 4.39. The zero-order chi connectivity index (χ0) is 15.5. The van der Waals surface area contributed by atoms with Crippen molar-refractivity contribution < 1.29 is 13.6 Å². The van der Waals surface area contributed by atoms with Crippen LogP contribution in [0.5, 0.6) is 0 Å². The van der Waals surface area contributed by atoms with Crippen LogP contribution in [0, 0.1) is 11.7 Å². The average Bonchev–Trinajstić information content (AvgIpc) is 3.00. The Hall–Kier alpha value is -2.10. The Morgan fingerprint density at radius 2 is 1.86 bits per heavy atom. The van der Waals surface area contributed by atoms with Crippen LogP contribution in [0.4, 0.5) is 4.39 Å². The second kappa shape index (κ2) is 6.34. The Labute approximate surface area is 129 Å². The van der Waals surface area contributed by atoms with Crippen molar-refractivity contribution in [1.29, 1.82) is 0 Å². The summed E-state index contributed by atoms with van der Waals surface area (Å²) in [7, 11) is 0. The van der Waals surface area contributed by atoms with E-state index in [0.717, 1.165) is 24.8 Å². The van der Waals surface area contributed by atoms with Crippen LogP contribution >= 0.6 is 0 Å². The summed E-state index contributed by atoms with van der Waals surface area (Å²) in [4.78, 5) is 12.3. The van der Waals surface area contributed by atoms with Gasteiger partial charge < -0.3 is 9.73 Å². The second-order valence-electron chi connectivity index (χ2n) is 6.01. The van der Waals surface area contributed by atoms with E-state index in [1.165, 1.54) is 18.6 Å². The van der Waals surface area contributed by atoms with Crippen LogP contribution in [0.15, 0.2) is 40.8 Å². The largest absolute Gasteiger partial charge is 0.451 e. The normalized spacial score (nSPS) is 21.5. The van der Waals surface area contributed by atoms with Crippen LogP contribution in [0.25, 0.3) is 11.3 Å². The highest BCUT2D eigenvalue weighted by Gasteiger charge is 2.24. The molecule has 22 heavy (non-hydrogen) atoms. The number of hydrogen-bond donors (Lipinski definition) is 1. The topological polar surface area (TPSA) is 42.2 Å². The molecule has 1 heterocycles. The molecule has 0 unspecified atom stereocenters. The van der Waals surface area contributed by atoms with Gasteiger partial charge >= 0.3 is 0 Å². The van der Waals surface area contributed by atoms with Gasteiger partial charge in [-0.3, -0.25) is 4.79 Å². The summed E-state index contributed by atoms with van der Waals surface area (Å²) in [6.07, 6.45) is 4.58. The van der Waals surface area contributed by atoms with Gasteiger partial charge in [0.2, 0.25) is 0 Å². The van der Waals surface area contributed by atoms with E-state index in [1.807, 2.05) is 0 Å². The minimum Gasteiger partial charge on any atom is -0.451 e. The first-order chi connectivity index (χ1) is 10.6. The summed E-state index contributed by atoms with van der Waals surface area (Å²) in [5.41, 5.74) is 0.756. The summed E-state index contributed by atoms with van der Waals surface area (Å²) in [5.74, 6) is 0.912. The Balaban J connectivity index is 1.70. The molecule has 0 spiro atoms. The maximum Gasteiger partial charge on any atom is 0.287 e. The quantitative estimate of drug-likeness (QED) is 0.913. The molecule has 1 aromatic heterocycles. The first kappa shape index (κ1) is 14.8. The standard InChI is InChI=1S/C18H20FNO2/c1-12-4-2-3-5-15(12)20-18(21)17-11-10-16(22-17)13-6-8-14(19)9-7-13/h6-12,15H,2-5H2,1H3,(H,20,21)/t12-,15+/m1/s1. The fourth-order valence-corrected chi connectivity index (χ4v) is 3.00. The van der Waals surface area contributed by atoms with E-state index < -0.39 is 0 Å². The maximum atomic E-state index is 12.9. The minimum absolute atomic E-state index is 0.174. The number of rotatable bonds is 3. The molecule has 0 saturated heterocycles. The van der Waals surface area contributed by atoms with E-state index in [1.54, 1.807) is 24.3 Å². The highest BCUT2D eigenvalue weighted by atomic mass is 19.1. The predicted molar refractivity (Wildman–Crippen MR) is 83.0 cm³/mol. The van der Waals surface area contributed by atoms with Crippen LogP contribution in [0.2, 0.25) is 0 Å². The van der Waals surface area contributed by atoms with Gasteiger partial charge in [0.25, 0.3) is 5.91 Å². The van der Waals surface area contributed by atoms with Crippen molar-refractivity contribution in [3.05, 3.63) is 48.0 Å². The molecule has 0 aliphatic heterocycles. The SMILES string of the molecule is C[C@@H]1CCCC[C@@H]1NC(=O)c1ccc(-c2ccc(F)cc2)o1. The van der Waals surface area contributed by atoms with Crippen LogP contribution in [-0.4, -0.2) is 11.9 Å². The van der Waals surface area contributed by atoms with Crippen molar-refractivity contribution in [2.45, 2.75) is 38.6 Å². The molecule has 1 N–H and O–H groups in total. The van der Waals surface area contributed by atoms with E-state index >= 15 is 0 Å². The lowest BCUT2D eigenvalue weighted by Gasteiger charge is -2.29. The maximum absolute atomic E-state index is 12.9. The average molecular weight is 301 g/mol. The molecular weight excluding hydrogens is 281 g/mol. The highest BCUT2D eigenvalue weighted by molar-refractivity contribution is 5.92. The number of furan rings is 1. The number of nitrogens with one attached hydrogen (secondary N) is 1. The van der Waals surface area contributed by atoms with E-state index in [-0.39, 0.29) is 17.8 Å². The van der Waals surface area contributed by atoms with Gasteiger partial charge in [0, 0.05) is 11.6 Å². The summed E-state index contributed by atoms with van der Waals surface area (Å²) >= 11 is 0. The third kappa shape index (κ3) is 3.21. The smallest absolute Gasteiger partial charge is 0.287 e. The highest BCUT2D eigenvalue weighted by Crippen LogP contribution is 2.25. The Morgan fingerprint density at radius 3 is 2.59 bits per heavy atom. The second-order valence-corrected chi connectivity index (χ2v) is 6.01. The zero-order valence-corrected chi connectivity index (χ0v) is 12.6. The van der Waals surface area contributed by atoms with Crippen molar-refractivity contribution in [3.8, 4) is 11.3 Å². The molecule has 1 amide bonds. The molecule has 1 aliphatic carbocycles. The van der Waals surface area contributed by atoms with Gasteiger partial charge in [0.1, 0.15) is 11.6 Å². The van der Waals surface area contributed by atoms with E-state index in [9.17, 15) is 9.18 Å². The Kier molecular flexibility index (Phi) is 4.27. The number of hydrogen-bond acceptors (Lipinski definition) is 2. The van der Waals surface area contributed by atoms with Crippen LogP contribution < -0.4 is 5.32 Å². The van der Waals surface area contributed by atoms with Gasteiger partial charge in [0.05, 0.1) is 0 Å². The van der Waals surface area contributed by atoms with Crippen molar-refractivity contribution in [1.82, 2.24) is 5.32 Å². The van der Waals surface area contributed by atoms with E-state index in [0.29, 0.717) is 17.4 Å². The minimum atomic E-state index is -0.292.